The molecule has 5 nitrogen and oxygen atoms in total. The van der Waals surface area contributed by atoms with Gasteiger partial charge in [0.25, 0.3) is 0 Å². The first-order valence-corrected chi connectivity index (χ1v) is 6.88. The Kier molecular flexibility index (Phi) is 4.44. The first kappa shape index (κ1) is 17.0. The van der Waals surface area contributed by atoms with Crippen LogP contribution in [0.25, 0.3) is 0 Å². The lowest BCUT2D eigenvalue weighted by molar-refractivity contribution is -0.137. The summed E-state index contributed by atoms with van der Waals surface area (Å²) >= 11 is 0. The van der Waals surface area contributed by atoms with Crippen LogP contribution in [0.3, 0.4) is 0 Å². The Morgan fingerprint density at radius 2 is 1.96 bits per heavy atom. The van der Waals surface area contributed by atoms with E-state index in [1.807, 2.05) is 13.8 Å². The molecule has 1 aliphatic rings. The van der Waals surface area contributed by atoms with E-state index in [2.05, 4.69) is 15.7 Å². The van der Waals surface area contributed by atoms with E-state index >= 15 is 0 Å². The lowest BCUT2D eigenvalue weighted by Gasteiger charge is -2.29. The first-order chi connectivity index (χ1) is 10.6. The lowest BCUT2D eigenvalue weighted by Crippen LogP contribution is -2.38. The number of halogens is 3. The third-order valence-electron chi connectivity index (χ3n) is 3.43. The molecule has 124 valence electrons. The molecule has 1 aromatic rings. The van der Waals surface area contributed by atoms with Crippen LogP contribution >= 0.6 is 0 Å². The summed E-state index contributed by atoms with van der Waals surface area (Å²) in [5, 5.41) is 16.0. The summed E-state index contributed by atoms with van der Waals surface area (Å²) in [4.78, 5) is 12.1. The monoisotopic (exact) mass is 327 g/mol. The zero-order chi connectivity index (χ0) is 17.3. The van der Waals surface area contributed by atoms with Gasteiger partial charge in [-0.25, -0.2) is 0 Å². The normalized spacial score (nSPS) is 21.7. The molecule has 8 heteroatoms. The van der Waals surface area contributed by atoms with Crippen molar-refractivity contribution in [3.63, 3.8) is 0 Å². The third-order valence-corrected chi connectivity index (χ3v) is 3.43. The van der Waals surface area contributed by atoms with E-state index in [-0.39, 0.29) is 34.7 Å². The van der Waals surface area contributed by atoms with E-state index in [9.17, 15) is 18.0 Å². The topological polar surface area (TPSA) is 74.0 Å². The van der Waals surface area contributed by atoms with Gasteiger partial charge in [-0.2, -0.15) is 18.3 Å². The molecule has 0 aliphatic heterocycles. The average molecular weight is 327 g/mol. The number of alkyl halides is 3. The maximum Gasteiger partial charge on any atom is 0.416 e. The van der Waals surface area contributed by atoms with Crippen LogP contribution in [0.15, 0.2) is 34.5 Å². The van der Waals surface area contributed by atoms with Crippen molar-refractivity contribution in [2.24, 2.45) is 15.7 Å². The average Bonchev–Trinajstić information content (AvgIpc) is 2.44. The van der Waals surface area contributed by atoms with Gasteiger partial charge in [-0.1, -0.05) is 25.1 Å². The van der Waals surface area contributed by atoms with Crippen molar-refractivity contribution in [3.8, 4) is 0 Å². The van der Waals surface area contributed by atoms with Crippen LogP contribution < -0.4 is 5.43 Å². The van der Waals surface area contributed by atoms with Crippen LogP contribution in [-0.4, -0.2) is 22.4 Å². The van der Waals surface area contributed by atoms with Gasteiger partial charge in [0.1, 0.15) is 5.71 Å². The van der Waals surface area contributed by atoms with E-state index in [0.29, 0.717) is 6.42 Å². The first-order valence-electron chi connectivity index (χ1n) is 6.88. The van der Waals surface area contributed by atoms with Crippen molar-refractivity contribution in [1.29, 1.82) is 0 Å². The Morgan fingerprint density at radius 1 is 1.26 bits per heavy atom. The molecule has 1 saturated carbocycles. The van der Waals surface area contributed by atoms with Crippen molar-refractivity contribution < 1.29 is 23.2 Å². The molecule has 0 radical (unpaired) electrons. The predicted molar refractivity (Wildman–Crippen MR) is 79.7 cm³/mol. The number of carbonyl (C=O) groups excluding carboxylic acids is 1. The number of nitrogens with one attached hydrogen (secondary N) is 1. The number of hydrogen-bond donors (Lipinski definition) is 2. The summed E-state index contributed by atoms with van der Waals surface area (Å²) < 4.78 is 38.0. The Balaban J connectivity index is 2.24. The van der Waals surface area contributed by atoms with E-state index in [4.69, 9.17) is 5.21 Å². The van der Waals surface area contributed by atoms with Crippen LogP contribution in [0.4, 0.5) is 18.9 Å². The van der Waals surface area contributed by atoms with Gasteiger partial charge in [0.2, 0.25) is 0 Å². The summed E-state index contributed by atoms with van der Waals surface area (Å²) in [6.07, 6.45) is -3.90. The molecule has 0 aromatic heterocycles. The standard InChI is InChI=1S/C15H16F3N3O2/c1-14(2)7-11(21-23)13(12(22)8-14)20-19-10-5-3-4-9(6-10)15(16,17)18/h3-6,19,23H,7-8H2,1-2H3/b20-13-,21-11+. The second kappa shape index (κ2) is 6.02. The molecule has 1 aromatic carbocycles. The molecule has 23 heavy (non-hydrogen) atoms. The molecule has 2 rings (SSSR count). The van der Waals surface area contributed by atoms with Crippen LogP contribution in [0.2, 0.25) is 0 Å². The van der Waals surface area contributed by atoms with Gasteiger partial charge in [-0.15, -0.1) is 0 Å². The lowest BCUT2D eigenvalue weighted by atomic mass is 9.75. The largest absolute Gasteiger partial charge is 0.416 e. The third kappa shape index (κ3) is 4.08. The highest BCUT2D eigenvalue weighted by Gasteiger charge is 2.36. The van der Waals surface area contributed by atoms with Crippen molar-refractivity contribution in [1.82, 2.24) is 0 Å². The SMILES string of the molecule is CC1(C)CC(=O)C(=N\Nc2cccc(C(F)(F)F)c2)/C(=N/O)C1. The van der Waals surface area contributed by atoms with Crippen LogP contribution in [0.1, 0.15) is 32.3 Å². The van der Waals surface area contributed by atoms with Gasteiger partial charge in [0, 0.05) is 12.8 Å². The molecular weight excluding hydrogens is 311 g/mol. The smallest absolute Gasteiger partial charge is 0.411 e. The minimum Gasteiger partial charge on any atom is -0.411 e. The van der Waals surface area contributed by atoms with Crippen molar-refractivity contribution >= 4 is 22.9 Å². The molecule has 1 aliphatic carbocycles. The molecule has 0 spiro atoms. The molecule has 0 atom stereocenters. The molecule has 0 bridgehead atoms. The van der Waals surface area contributed by atoms with Crippen molar-refractivity contribution in [3.05, 3.63) is 29.8 Å². The Bertz CT molecular complexity index is 679. The molecule has 0 saturated heterocycles. The minimum atomic E-state index is -4.47. The number of oxime groups is 1. The summed E-state index contributed by atoms with van der Waals surface area (Å²) in [5.74, 6) is -0.325. The van der Waals surface area contributed by atoms with Gasteiger partial charge in [0.15, 0.2) is 11.5 Å². The highest BCUT2D eigenvalue weighted by molar-refractivity contribution is 6.68. The number of hydrazone groups is 1. The molecular formula is C15H16F3N3O2. The van der Waals surface area contributed by atoms with Gasteiger partial charge >= 0.3 is 6.18 Å². The fourth-order valence-electron chi connectivity index (χ4n) is 2.37. The van der Waals surface area contributed by atoms with E-state index in [1.165, 1.54) is 12.1 Å². The number of rotatable bonds is 2. The second-order valence-corrected chi connectivity index (χ2v) is 6.14. The summed E-state index contributed by atoms with van der Waals surface area (Å²) in [5.41, 5.74) is 1.38. The van der Waals surface area contributed by atoms with Crippen LogP contribution in [0.5, 0.6) is 0 Å². The Labute approximate surface area is 130 Å². The number of hydrogen-bond acceptors (Lipinski definition) is 5. The summed E-state index contributed by atoms with van der Waals surface area (Å²) in [6.45, 7) is 3.71. The highest BCUT2D eigenvalue weighted by Crippen LogP contribution is 2.32. The maximum absolute atomic E-state index is 12.7. The summed E-state index contributed by atoms with van der Waals surface area (Å²) in [7, 11) is 0. The van der Waals surface area contributed by atoms with Gasteiger partial charge in [0.05, 0.1) is 11.3 Å². The van der Waals surface area contributed by atoms with Crippen molar-refractivity contribution in [2.45, 2.75) is 32.9 Å². The second-order valence-electron chi connectivity index (χ2n) is 6.14. The van der Waals surface area contributed by atoms with E-state index < -0.39 is 11.7 Å². The number of benzene rings is 1. The van der Waals surface area contributed by atoms with Gasteiger partial charge in [-0.3, -0.25) is 10.2 Å². The summed E-state index contributed by atoms with van der Waals surface area (Å²) in [6, 6.07) is 4.45. The number of ketones is 1. The number of Topliss-reactive ketones (excluding diaryl/α,β-unsaturated/α-hetero) is 1. The Morgan fingerprint density at radius 3 is 2.57 bits per heavy atom. The molecule has 1 fully saturated rings. The van der Waals surface area contributed by atoms with E-state index in [0.717, 1.165) is 12.1 Å². The van der Waals surface area contributed by atoms with Crippen LogP contribution in [0, 0.1) is 5.41 Å². The Hall–Kier alpha value is -2.38. The molecule has 0 heterocycles. The van der Waals surface area contributed by atoms with Gasteiger partial charge in [-0.05, 0) is 23.6 Å². The molecule has 0 amide bonds. The fourth-order valence-corrected chi connectivity index (χ4v) is 2.37. The van der Waals surface area contributed by atoms with Crippen LogP contribution in [-0.2, 0) is 11.0 Å². The molecule has 0 unspecified atom stereocenters. The highest BCUT2D eigenvalue weighted by atomic mass is 19.4. The number of anilines is 1. The van der Waals surface area contributed by atoms with E-state index in [1.54, 1.807) is 0 Å². The minimum absolute atomic E-state index is 0.0655. The zero-order valence-electron chi connectivity index (χ0n) is 12.6. The number of nitrogens with zero attached hydrogens (tertiary/aromatic N) is 2. The van der Waals surface area contributed by atoms with Crippen molar-refractivity contribution in [2.75, 3.05) is 5.43 Å². The zero-order valence-corrected chi connectivity index (χ0v) is 12.6. The fraction of sp³-hybridized carbons (Fsp3) is 0.400. The number of carbonyl (C=O) groups is 1. The maximum atomic E-state index is 12.7. The quantitative estimate of drug-likeness (QED) is 0.642. The molecule has 2 N–H and O–H groups in total. The van der Waals surface area contributed by atoms with Gasteiger partial charge < -0.3 is 5.21 Å². The predicted octanol–water partition coefficient (Wildman–Crippen LogP) is 3.69.